The quantitative estimate of drug-likeness (QED) is 0.159. The zero-order valence-electron chi connectivity index (χ0n) is 37.0. The molecule has 14 rings (SSSR count). The number of fused-ring (bicyclic) bond motifs is 11. The zero-order chi connectivity index (χ0) is 45.4. The average molecular weight is 883 g/mol. The Balaban J connectivity index is 1.08. The Morgan fingerprint density at radius 3 is 1.36 bits per heavy atom. The summed E-state index contributed by atoms with van der Waals surface area (Å²) in [6, 6.07) is 78.5. The van der Waals surface area contributed by atoms with Gasteiger partial charge in [0.1, 0.15) is 16.9 Å². The van der Waals surface area contributed by atoms with E-state index in [1.54, 1.807) is 6.20 Å². The minimum absolute atomic E-state index is 0.505. The first-order valence-electron chi connectivity index (χ1n) is 23.1. The lowest BCUT2D eigenvalue weighted by molar-refractivity contribution is 0.677. The summed E-state index contributed by atoms with van der Waals surface area (Å²) >= 11 is 0. The number of aromatic nitrogens is 6. The fraction of sp³-hybridized carbons (Fsp3) is 0. The molecule has 7 nitrogen and oxygen atoms in total. The van der Waals surface area contributed by atoms with Gasteiger partial charge in [-0.1, -0.05) is 152 Å². The van der Waals surface area contributed by atoms with E-state index in [0.717, 1.165) is 110 Å². The van der Waals surface area contributed by atoms with Crippen molar-refractivity contribution in [1.29, 1.82) is 0 Å². The molecule has 0 N–H and O–H groups in total. The SMILES string of the molecule is c1ccc(-c2nc(-c3cc(-c4ccccc4)c(-n4c5ccccc5c5c6oc7c(ccc8c7c7ccccc7n8-c7ccccc7)c6ccc54)c(-c4ccccc4)c3)nc(-c3ccccn3)n2)cc1. The summed E-state index contributed by atoms with van der Waals surface area (Å²) in [5.41, 5.74) is 14.8. The van der Waals surface area contributed by atoms with Crippen LogP contribution in [0.25, 0.3) is 133 Å². The van der Waals surface area contributed by atoms with Crippen LogP contribution in [0.3, 0.4) is 0 Å². The molecule has 0 aliphatic heterocycles. The second-order valence-electron chi connectivity index (χ2n) is 17.4. The number of rotatable bonds is 7. The van der Waals surface area contributed by atoms with Gasteiger partial charge >= 0.3 is 0 Å². The molecule has 0 saturated heterocycles. The van der Waals surface area contributed by atoms with E-state index in [4.69, 9.17) is 19.4 Å². The first kappa shape index (κ1) is 38.8. The molecule has 0 bridgehead atoms. The number of hydrogen-bond donors (Lipinski definition) is 0. The maximum atomic E-state index is 7.34. The van der Waals surface area contributed by atoms with Gasteiger partial charge in [0.25, 0.3) is 0 Å². The van der Waals surface area contributed by atoms with Crippen molar-refractivity contribution >= 4 is 65.6 Å². The lowest BCUT2D eigenvalue weighted by atomic mass is 9.92. The Labute approximate surface area is 395 Å². The highest BCUT2D eigenvalue weighted by Crippen LogP contribution is 2.48. The molecule has 0 aliphatic rings. The van der Waals surface area contributed by atoms with Gasteiger partial charge in [-0.25, -0.2) is 15.0 Å². The van der Waals surface area contributed by atoms with Crippen LogP contribution in [0.1, 0.15) is 0 Å². The van der Waals surface area contributed by atoms with Crippen LogP contribution >= 0.6 is 0 Å². The number of furan rings is 1. The van der Waals surface area contributed by atoms with E-state index in [-0.39, 0.29) is 0 Å². The predicted octanol–water partition coefficient (Wildman–Crippen LogP) is 15.7. The van der Waals surface area contributed by atoms with Crippen LogP contribution in [0.5, 0.6) is 0 Å². The summed E-state index contributed by atoms with van der Waals surface area (Å²) in [5.74, 6) is 1.63. The molecular weight excluding hydrogens is 845 g/mol. The molecule has 14 aromatic rings. The number of nitrogens with zero attached hydrogens (tertiary/aromatic N) is 6. The van der Waals surface area contributed by atoms with E-state index in [9.17, 15) is 0 Å². The lowest BCUT2D eigenvalue weighted by Gasteiger charge is -2.21. The van der Waals surface area contributed by atoms with Crippen molar-refractivity contribution in [2.45, 2.75) is 0 Å². The molecule has 7 heteroatoms. The summed E-state index contributed by atoms with van der Waals surface area (Å²) < 4.78 is 12.1. The third-order valence-corrected chi connectivity index (χ3v) is 13.4. The zero-order valence-corrected chi connectivity index (χ0v) is 37.0. The molecule has 0 fully saturated rings. The number of pyridine rings is 1. The van der Waals surface area contributed by atoms with Crippen molar-refractivity contribution < 1.29 is 4.42 Å². The van der Waals surface area contributed by atoms with Crippen LogP contribution in [-0.2, 0) is 0 Å². The highest BCUT2D eigenvalue weighted by molar-refractivity contribution is 6.29. The standard InChI is InChI=1S/C62H38N6O/c1-5-19-39(20-6-1)48-37-42(61-64-60(41-23-9-3-10-24-41)65-62(66-61)50-29-17-18-36-63-50)38-49(40-21-7-2-8-22-40)57(48)68-52-31-16-14-28-47(52)56-54(68)35-33-45-44-32-34-53-55(58(44)69-59(45)56)46-27-13-15-30-51(46)67(53)43-25-11-4-12-26-43/h1-38H. The fourth-order valence-corrected chi connectivity index (χ4v) is 10.4. The minimum Gasteiger partial charge on any atom is -0.455 e. The third kappa shape index (κ3) is 6.14. The summed E-state index contributed by atoms with van der Waals surface area (Å²) in [4.78, 5) is 20.0. The topological polar surface area (TPSA) is 74.6 Å². The van der Waals surface area contributed by atoms with Gasteiger partial charge < -0.3 is 13.6 Å². The normalized spacial score (nSPS) is 11.8. The molecule has 69 heavy (non-hydrogen) atoms. The van der Waals surface area contributed by atoms with Crippen LogP contribution in [-0.4, -0.2) is 29.1 Å². The van der Waals surface area contributed by atoms with E-state index < -0.39 is 0 Å². The van der Waals surface area contributed by atoms with E-state index in [1.807, 2.05) is 48.5 Å². The molecule has 5 aromatic heterocycles. The highest BCUT2D eigenvalue weighted by Gasteiger charge is 2.26. The molecule has 0 amide bonds. The van der Waals surface area contributed by atoms with Crippen LogP contribution in [0.4, 0.5) is 0 Å². The average Bonchev–Trinajstić information content (AvgIpc) is 4.09. The third-order valence-electron chi connectivity index (χ3n) is 13.4. The number of benzene rings is 9. The molecule has 322 valence electrons. The molecule has 0 saturated carbocycles. The van der Waals surface area contributed by atoms with Crippen molar-refractivity contribution in [2.24, 2.45) is 0 Å². The second kappa shape index (κ2) is 15.6. The van der Waals surface area contributed by atoms with Gasteiger partial charge in [-0.15, -0.1) is 0 Å². The van der Waals surface area contributed by atoms with E-state index in [1.165, 1.54) is 0 Å². The van der Waals surface area contributed by atoms with Gasteiger partial charge in [-0.3, -0.25) is 4.98 Å². The molecule has 0 radical (unpaired) electrons. The monoisotopic (exact) mass is 882 g/mol. The number of para-hydroxylation sites is 3. The smallest absolute Gasteiger partial charge is 0.182 e. The van der Waals surface area contributed by atoms with Gasteiger partial charge in [0, 0.05) is 55.7 Å². The summed E-state index contributed by atoms with van der Waals surface area (Å²) in [5, 5.41) is 6.59. The molecule has 0 unspecified atom stereocenters. The molecule has 0 aliphatic carbocycles. The fourth-order valence-electron chi connectivity index (χ4n) is 10.4. The predicted molar refractivity (Wildman–Crippen MR) is 281 cm³/mol. The van der Waals surface area contributed by atoms with E-state index >= 15 is 0 Å². The molecular formula is C62H38N6O. The van der Waals surface area contributed by atoms with Gasteiger partial charge in [0.15, 0.2) is 17.5 Å². The van der Waals surface area contributed by atoms with Crippen molar-refractivity contribution in [2.75, 3.05) is 0 Å². The first-order chi connectivity index (χ1) is 34.2. The molecule has 9 aromatic carbocycles. The van der Waals surface area contributed by atoms with E-state index in [2.05, 4.69) is 190 Å². The van der Waals surface area contributed by atoms with E-state index in [0.29, 0.717) is 23.2 Å². The van der Waals surface area contributed by atoms with Crippen LogP contribution < -0.4 is 0 Å². The van der Waals surface area contributed by atoms with Crippen molar-refractivity contribution in [3.63, 3.8) is 0 Å². The minimum atomic E-state index is 0.505. The Bertz CT molecular complexity index is 4160. The Morgan fingerprint density at radius 1 is 0.333 bits per heavy atom. The van der Waals surface area contributed by atoms with Crippen LogP contribution in [0.15, 0.2) is 235 Å². The van der Waals surface area contributed by atoms with Gasteiger partial charge in [0.05, 0.1) is 38.5 Å². The Kier molecular flexibility index (Phi) is 8.75. The summed E-state index contributed by atoms with van der Waals surface area (Å²) in [7, 11) is 0. The van der Waals surface area contributed by atoms with Gasteiger partial charge in [-0.2, -0.15) is 0 Å². The Hall–Kier alpha value is -9.46. The first-order valence-corrected chi connectivity index (χ1v) is 23.1. The number of hydrogen-bond acceptors (Lipinski definition) is 5. The van der Waals surface area contributed by atoms with Crippen molar-refractivity contribution in [1.82, 2.24) is 29.1 Å². The summed E-state index contributed by atoms with van der Waals surface area (Å²) in [6.07, 6.45) is 1.77. The van der Waals surface area contributed by atoms with Gasteiger partial charge in [0.2, 0.25) is 0 Å². The van der Waals surface area contributed by atoms with Crippen LogP contribution in [0, 0.1) is 0 Å². The largest absolute Gasteiger partial charge is 0.455 e. The molecule has 0 atom stereocenters. The van der Waals surface area contributed by atoms with Crippen LogP contribution in [0.2, 0.25) is 0 Å². The maximum absolute atomic E-state index is 7.34. The van der Waals surface area contributed by atoms with Crippen molar-refractivity contribution in [3.8, 4) is 67.9 Å². The van der Waals surface area contributed by atoms with Crippen molar-refractivity contribution in [3.05, 3.63) is 231 Å². The highest BCUT2D eigenvalue weighted by atomic mass is 16.3. The molecule has 5 heterocycles. The lowest BCUT2D eigenvalue weighted by Crippen LogP contribution is -2.04. The Morgan fingerprint density at radius 2 is 0.797 bits per heavy atom. The van der Waals surface area contributed by atoms with Gasteiger partial charge in [-0.05, 0) is 83.9 Å². The molecule has 0 spiro atoms. The maximum Gasteiger partial charge on any atom is 0.182 e. The second-order valence-corrected chi connectivity index (χ2v) is 17.4. The summed E-state index contributed by atoms with van der Waals surface area (Å²) in [6.45, 7) is 0.